The Morgan fingerprint density at radius 3 is 2.13 bits per heavy atom. The number of guanidine groups is 1. The van der Waals surface area contributed by atoms with Crippen molar-refractivity contribution < 1.29 is 19.2 Å². The Balaban J connectivity index is 1.41. The van der Waals surface area contributed by atoms with Gasteiger partial charge in [0, 0.05) is 49.5 Å². The first-order valence-electron chi connectivity index (χ1n) is 19.0. The first kappa shape index (κ1) is 38.8. The van der Waals surface area contributed by atoms with E-state index in [4.69, 9.17) is 11.5 Å². The molecular formula is C41H54N8O4. The lowest BCUT2D eigenvalue weighted by Gasteiger charge is -2.25. The zero-order valence-corrected chi connectivity index (χ0v) is 30.5. The average molecular weight is 723 g/mol. The summed E-state index contributed by atoms with van der Waals surface area (Å²) in [6, 6.07) is 18.9. The number of carbonyl (C=O) groups is 4. The van der Waals surface area contributed by atoms with E-state index in [1.54, 1.807) is 0 Å². The van der Waals surface area contributed by atoms with Gasteiger partial charge in [-0.1, -0.05) is 99.2 Å². The molecule has 1 aromatic heterocycles. The molecule has 1 fully saturated rings. The summed E-state index contributed by atoms with van der Waals surface area (Å²) < 4.78 is 0. The molecule has 2 heterocycles. The minimum Gasteiger partial charge on any atom is -0.370 e. The molecule has 0 bridgehead atoms. The van der Waals surface area contributed by atoms with Crippen LogP contribution in [0.2, 0.25) is 0 Å². The number of aromatic amines is 1. The minimum atomic E-state index is -1.03. The van der Waals surface area contributed by atoms with Gasteiger partial charge in [-0.2, -0.15) is 0 Å². The molecule has 282 valence electrons. The molecule has 12 nitrogen and oxygen atoms in total. The maximum absolute atomic E-state index is 14.1. The van der Waals surface area contributed by atoms with Crippen LogP contribution in [0.1, 0.15) is 81.8 Å². The van der Waals surface area contributed by atoms with Gasteiger partial charge in [0.15, 0.2) is 5.96 Å². The third-order valence-corrected chi connectivity index (χ3v) is 9.85. The monoisotopic (exact) mass is 722 g/mol. The Hall–Kier alpha value is -5.39. The van der Waals surface area contributed by atoms with Gasteiger partial charge in [0.25, 0.3) is 0 Å². The van der Waals surface area contributed by atoms with Crippen LogP contribution in [0.4, 0.5) is 0 Å². The molecule has 0 aliphatic carbocycles. The largest absolute Gasteiger partial charge is 0.370 e. The SMILES string of the molecule is NC(N)=NCCC[C@@H]1NC(=O)[C@@H](Cc2ccc3ccccc3c2)NC(=O)CCCCCCCCCCNC(=O)[C@H](Cc2c[nH]c3ccccc23)NC1=O. The van der Waals surface area contributed by atoms with Gasteiger partial charge in [-0.25, -0.2) is 0 Å². The van der Waals surface area contributed by atoms with E-state index in [0.717, 1.165) is 84.2 Å². The fourth-order valence-corrected chi connectivity index (χ4v) is 6.93. The van der Waals surface area contributed by atoms with Crippen molar-refractivity contribution in [3.05, 3.63) is 84.1 Å². The lowest BCUT2D eigenvalue weighted by molar-refractivity contribution is -0.133. The number of hydrogen-bond donors (Lipinski definition) is 7. The van der Waals surface area contributed by atoms with Gasteiger partial charge < -0.3 is 37.7 Å². The predicted octanol–water partition coefficient (Wildman–Crippen LogP) is 4.26. The zero-order chi connectivity index (χ0) is 37.4. The summed E-state index contributed by atoms with van der Waals surface area (Å²) in [5, 5.41) is 15.0. The number of nitrogens with one attached hydrogen (secondary N) is 5. The second-order valence-electron chi connectivity index (χ2n) is 14.0. The second kappa shape index (κ2) is 20.0. The lowest BCUT2D eigenvalue weighted by atomic mass is 10.00. The highest BCUT2D eigenvalue weighted by atomic mass is 16.2. The smallest absolute Gasteiger partial charge is 0.243 e. The van der Waals surface area contributed by atoms with Gasteiger partial charge in [-0.3, -0.25) is 24.2 Å². The van der Waals surface area contributed by atoms with E-state index < -0.39 is 29.9 Å². The van der Waals surface area contributed by atoms with E-state index >= 15 is 0 Å². The number of benzene rings is 3. The Bertz CT molecular complexity index is 1870. The highest BCUT2D eigenvalue weighted by Crippen LogP contribution is 2.20. The fraction of sp³-hybridized carbons (Fsp3) is 0.439. The third kappa shape index (κ3) is 12.1. The topological polar surface area (TPSA) is 197 Å². The van der Waals surface area contributed by atoms with Gasteiger partial charge in [0.2, 0.25) is 23.6 Å². The molecule has 0 unspecified atom stereocenters. The van der Waals surface area contributed by atoms with Crippen molar-refractivity contribution in [3.8, 4) is 0 Å². The zero-order valence-electron chi connectivity index (χ0n) is 30.5. The molecule has 0 spiro atoms. The maximum atomic E-state index is 14.1. The molecule has 4 aromatic rings. The van der Waals surface area contributed by atoms with Crippen LogP contribution in [0.15, 0.2) is 77.9 Å². The molecule has 1 aliphatic rings. The standard InChI is InChI=1S/C41H54N8O4/c42-41(43)45-23-13-18-34-39(52)49-36(26-31-27-46-33-17-11-10-16-32(31)33)38(51)44-22-12-6-4-2-1-3-5-7-19-37(50)47-35(40(53)48-34)25-28-20-21-29-14-8-9-15-30(29)24-28/h8-11,14-17,20-21,24,27,34-36,46H,1-7,12-13,18-19,22-23,25-26H2,(H,44,51)(H,47,50)(H,48,53)(H,49,52)(H4,42,43,45)/t34-,35+,36-/m0/s1. The van der Waals surface area contributed by atoms with Crippen LogP contribution in [0, 0.1) is 0 Å². The Morgan fingerprint density at radius 1 is 0.679 bits per heavy atom. The Kier molecular flexibility index (Phi) is 14.7. The van der Waals surface area contributed by atoms with Crippen molar-refractivity contribution in [1.82, 2.24) is 26.3 Å². The molecule has 5 rings (SSSR count). The van der Waals surface area contributed by atoms with E-state index in [0.29, 0.717) is 19.4 Å². The fourth-order valence-electron chi connectivity index (χ4n) is 6.93. The highest BCUT2D eigenvalue weighted by molar-refractivity contribution is 5.95. The molecule has 3 atom stereocenters. The second-order valence-corrected chi connectivity index (χ2v) is 14.0. The Labute approximate surface area is 311 Å². The van der Waals surface area contributed by atoms with E-state index in [1.807, 2.05) is 72.9 Å². The first-order chi connectivity index (χ1) is 25.8. The summed E-state index contributed by atoms with van der Waals surface area (Å²) in [7, 11) is 0. The molecule has 9 N–H and O–H groups in total. The number of rotatable bonds is 8. The minimum absolute atomic E-state index is 0.0703. The molecule has 3 aromatic carbocycles. The van der Waals surface area contributed by atoms with Crippen LogP contribution in [0.5, 0.6) is 0 Å². The summed E-state index contributed by atoms with van der Waals surface area (Å²) in [5.74, 6) is -1.57. The predicted molar refractivity (Wildman–Crippen MR) is 210 cm³/mol. The average Bonchev–Trinajstić information content (AvgIpc) is 3.56. The van der Waals surface area contributed by atoms with E-state index in [1.165, 1.54) is 0 Å². The summed E-state index contributed by atoms with van der Waals surface area (Å²) in [5.41, 5.74) is 13.8. The molecule has 1 saturated heterocycles. The van der Waals surface area contributed by atoms with Crippen LogP contribution >= 0.6 is 0 Å². The maximum Gasteiger partial charge on any atom is 0.243 e. The number of para-hydroxylation sites is 1. The van der Waals surface area contributed by atoms with E-state index in [2.05, 4.69) is 31.2 Å². The molecule has 0 radical (unpaired) electrons. The molecule has 12 heteroatoms. The number of amides is 4. The van der Waals surface area contributed by atoms with Crippen LogP contribution < -0.4 is 32.7 Å². The van der Waals surface area contributed by atoms with Crippen molar-refractivity contribution in [2.24, 2.45) is 16.5 Å². The highest BCUT2D eigenvalue weighted by Gasteiger charge is 2.30. The number of nitrogens with two attached hydrogens (primary N) is 2. The number of nitrogens with zero attached hydrogens (tertiary/aromatic N) is 1. The van der Waals surface area contributed by atoms with Crippen molar-refractivity contribution in [3.63, 3.8) is 0 Å². The third-order valence-electron chi connectivity index (χ3n) is 9.85. The van der Waals surface area contributed by atoms with Gasteiger partial charge in [-0.15, -0.1) is 0 Å². The van der Waals surface area contributed by atoms with E-state index in [9.17, 15) is 19.2 Å². The lowest BCUT2D eigenvalue weighted by Crippen LogP contribution is -2.57. The summed E-state index contributed by atoms with van der Waals surface area (Å²) in [4.78, 5) is 62.5. The number of fused-ring (bicyclic) bond motifs is 2. The van der Waals surface area contributed by atoms with Crippen LogP contribution in [0.3, 0.4) is 0 Å². The van der Waals surface area contributed by atoms with Crippen LogP contribution in [0.25, 0.3) is 21.7 Å². The molecule has 4 amide bonds. The summed E-state index contributed by atoms with van der Waals surface area (Å²) in [6.07, 6.45) is 11.0. The summed E-state index contributed by atoms with van der Waals surface area (Å²) >= 11 is 0. The summed E-state index contributed by atoms with van der Waals surface area (Å²) in [6.45, 7) is 0.750. The Morgan fingerprint density at radius 2 is 1.34 bits per heavy atom. The van der Waals surface area contributed by atoms with Crippen LogP contribution in [-0.2, 0) is 32.0 Å². The van der Waals surface area contributed by atoms with Crippen molar-refractivity contribution >= 4 is 51.3 Å². The van der Waals surface area contributed by atoms with Gasteiger partial charge in [-0.05, 0) is 53.6 Å². The number of H-pyrrole nitrogens is 1. The van der Waals surface area contributed by atoms with Gasteiger partial charge in [0.05, 0.1) is 0 Å². The normalized spacial score (nSPS) is 20.4. The first-order valence-corrected chi connectivity index (χ1v) is 19.0. The van der Waals surface area contributed by atoms with Crippen molar-refractivity contribution in [2.45, 2.75) is 102 Å². The number of carbonyl (C=O) groups excluding carboxylic acids is 4. The number of hydrogen-bond acceptors (Lipinski definition) is 5. The number of aromatic nitrogens is 1. The van der Waals surface area contributed by atoms with E-state index in [-0.39, 0.29) is 43.6 Å². The van der Waals surface area contributed by atoms with Crippen molar-refractivity contribution in [2.75, 3.05) is 13.1 Å². The quantitative estimate of drug-likeness (QED) is 0.0806. The molecular weight excluding hydrogens is 669 g/mol. The van der Waals surface area contributed by atoms with Crippen molar-refractivity contribution in [1.29, 1.82) is 0 Å². The van der Waals surface area contributed by atoms with Gasteiger partial charge >= 0.3 is 0 Å². The van der Waals surface area contributed by atoms with Crippen LogP contribution in [-0.4, -0.2) is 65.8 Å². The molecule has 0 saturated carbocycles. The van der Waals surface area contributed by atoms with Gasteiger partial charge in [0.1, 0.15) is 18.1 Å². The molecule has 53 heavy (non-hydrogen) atoms. The number of aliphatic imine (C=N–C) groups is 1. The molecule has 1 aliphatic heterocycles.